The average molecular weight is 229 g/mol. The van der Waals surface area contributed by atoms with E-state index in [-0.39, 0.29) is 5.56 Å². The number of nitrogens with zero attached hydrogens (tertiary/aromatic N) is 1. The molecule has 0 atom stereocenters. The second-order valence-electron chi connectivity index (χ2n) is 3.09. The minimum absolute atomic E-state index is 0.324. The molecule has 0 saturated heterocycles. The molecular formula is C10H6F3NO2. The number of hydrogen-bond donors (Lipinski definition) is 1. The maximum absolute atomic E-state index is 12.4. The zero-order valence-electron chi connectivity index (χ0n) is 8.09. The van der Waals surface area contributed by atoms with Crippen molar-refractivity contribution in [2.45, 2.75) is 13.1 Å². The van der Waals surface area contributed by atoms with Gasteiger partial charge >= 0.3 is 6.18 Å². The fourth-order valence-electron chi connectivity index (χ4n) is 1.18. The van der Waals surface area contributed by atoms with Crippen molar-refractivity contribution < 1.29 is 23.1 Å². The smallest absolute Gasteiger partial charge is 0.420 e. The van der Waals surface area contributed by atoms with E-state index in [9.17, 15) is 23.1 Å². The van der Waals surface area contributed by atoms with E-state index in [1.54, 1.807) is 0 Å². The summed E-state index contributed by atoms with van der Waals surface area (Å²) in [6.07, 6.45) is -4.80. The van der Waals surface area contributed by atoms with Gasteiger partial charge in [-0.25, -0.2) is 0 Å². The van der Waals surface area contributed by atoms with Crippen LogP contribution < -0.4 is 0 Å². The zero-order valence-corrected chi connectivity index (χ0v) is 8.09. The molecule has 84 valence electrons. The van der Waals surface area contributed by atoms with Gasteiger partial charge in [0.2, 0.25) is 0 Å². The topological polar surface area (TPSA) is 61.1 Å². The van der Waals surface area contributed by atoms with Crippen LogP contribution in [0.2, 0.25) is 0 Å². The summed E-state index contributed by atoms with van der Waals surface area (Å²) in [4.78, 5) is 11.0. The first kappa shape index (κ1) is 12.0. The summed E-state index contributed by atoms with van der Waals surface area (Å²) < 4.78 is 37.3. The number of rotatable bonds is 1. The van der Waals surface area contributed by atoms with Gasteiger partial charge in [-0.2, -0.15) is 18.4 Å². The number of alkyl halides is 3. The molecule has 0 fully saturated rings. The number of carbonyl (C=O) groups is 1. The molecule has 0 radical (unpaired) electrons. The monoisotopic (exact) mass is 229 g/mol. The van der Waals surface area contributed by atoms with E-state index in [1.807, 2.05) is 0 Å². The number of benzene rings is 1. The van der Waals surface area contributed by atoms with Crippen LogP contribution in [0.5, 0.6) is 5.75 Å². The summed E-state index contributed by atoms with van der Waals surface area (Å²) in [5.41, 5.74) is -2.21. The van der Waals surface area contributed by atoms with Crippen LogP contribution in [0.1, 0.15) is 28.4 Å². The van der Waals surface area contributed by atoms with E-state index in [0.29, 0.717) is 6.07 Å². The first-order valence-corrected chi connectivity index (χ1v) is 4.12. The molecule has 0 saturated carbocycles. The van der Waals surface area contributed by atoms with Crippen molar-refractivity contribution in [1.29, 1.82) is 5.26 Å². The molecule has 1 aromatic carbocycles. The van der Waals surface area contributed by atoms with Crippen molar-refractivity contribution in [3.63, 3.8) is 0 Å². The van der Waals surface area contributed by atoms with E-state index >= 15 is 0 Å². The van der Waals surface area contributed by atoms with Gasteiger partial charge in [-0.05, 0) is 19.1 Å². The molecule has 0 aromatic heterocycles. The number of halogens is 3. The molecule has 0 amide bonds. The highest BCUT2D eigenvalue weighted by Crippen LogP contribution is 2.38. The standard InChI is InChI=1S/C10H6F3NO2/c1-5(15)7-2-6(4-14)3-8(9(7)16)10(11,12)13/h2-3,16H,1H3. The van der Waals surface area contributed by atoms with Gasteiger partial charge in [0.15, 0.2) is 5.78 Å². The second kappa shape index (κ2) is 3.85. The molecule has 0 unspecified atom stereocenters. The van der Waals surface area contributed by atoms with Crippen LogP contribution in [-0.2, 0) is 6.18 Å². The predicted octanol–water partition coefficient (Wildman–Crippen LogP) is 2.49. The molecule has 0 bridgehead atoms. The van der Waals surface area contributed by atoms with Crippen LogP contribution in [-0.4, -0.2) is 10.9 Å². The van der Waals surface area contributed by atoms with E-state index in [4.69, 9.17) is 5.26 Å². The highest BCUT2D eigenvalue weighted by molar-refractivity contribution is 5.97. The lowest BCUT2D eigenvalue weighted by Gasteiger charge is -2.11. The molecule has 1 rings (SSSR count). The Morgan fingerprint density at radius 3 is 2.38 bits per heavy atom. The maximum Gasteiger partial charge on any atom is 0.420 e. The lowest BCUT2D eigenvalue weighted by atomic mass is 10.0. The Hall–Kier alpha value is -2.03. The molecule has 1 N–H and O–H groups in total. The van der Waals surface area contributed by atoms with Gasteiger partial charge in [0.1, 0.15) is 5.75 Å². The van der Waals surface area contributed by atoms with Crippen LogP contribution in [0.25, 0.3) is 0 Å². The minimum atomic E-state index is -4.80. The Balaban J connectivity index is 3.58. The first-order valence-electron chi connectivity index (χ1n) is 4.12. The van der Waals surface area contributed by atoms with Gasteiger partial charge in [-0.1, -0.05) is 0 Å². The summed E-state index contributed by atoms with van der Waals surface area (Å²) in [6, 6.07) is 2.92. The highest BCUT2D eigenvalue weighted by Gasteiger charge is 2.35. The first-order chi connectivity index (χ1) is 7.27. The van der Waals surface area contributed by atoms with Crippen LogP contribution in [0.4, 0.5) is 13.2 Å². The SMILES string of the molecule is CC(=O)c1cc(C#N)cc(C(F)(F)F)c1O. The Bertz CT molecular complexity index is 486. The summed E-state index contributed by atoms with van der Waals surface area (Å²) in [5, 5.41) is 17.8. The molecule has 0 spiro atoms. The van der Waals surface area contributed by atoms with Gasteiger partial charge in [-0.3, -0.25) is 4.79 Å². The largest absolute Gasteiger partial charge is 0.507 e. The van der Waals surface area contributed by atoms with E-state index in [1.165, 1.54) is 6.07 Å². The van der Waals surface area contributed by atoms with Crippen molar-refractivity contribution in [1.82, 2.24) is 0 Å². The summed E-state index contributed by atoms with van der Waals surface area (Å²) in [7, 11) is 0. The normalized spacial score (nSPS) is 10.9. The molecular weight excluding hydrogens is 223 g/mol. The van der Waals surface area contributed by atoms with E-state index in [0.717, 1.165) is 13.0 Å². The molecule has 3 nitrogen and oxygen atoms in total. The lowest BCUT2D eigenvalue weighted by Crippen LogP contribution is -2.08. The Kier molecular flexibility index (Phi) is 2.90. The fourth-order valence-corrected chi connectivity index (χ4v) is 1.18. The van der Waals surface area contributed by atoms with Crippen LogP contribution in [0.15, 0.2) is 12.1 Å². The quantitative estimate of drug-likeness (QED) is 0.752. The van der Waals surface area contributed by atoms with Crippen LogP contribution >= 0.6 is 0 Å². The van der Waals surface area contributed by atoms with Gasteiger partial charge < -0.3 is 5.11 Å². The van der Waals surface area contributed by atoms with Crippen molar-refractivity contribution in [3.8, 4) is 11.8 Å². The van der Waals surface area contributed by atoms with Gasteiger partial charge in [0, 0.05) is 0 Å². The third-order valence-corrected chi connectivity index (χ3v) is 1.92. The van der Waals surface area contributed by atoms with Gasteiger partial charge in [-0.15, -0.1) is 0 Å². The Labute approximate surface area is 88.7 Å². The summed E-state index contributed by atoms with van der Waals surface area (Å²) >= 11 is 0. The van der Waals surface area contributed by atoms with Crippen molar-refractivity contribution in [2.75, 3.05) is 0 Å². The van der Waals surface area contributed by atoms with Gasteiger partial charge in [0.25, 0.3) is 0 Å². The number of aromatic hydroxyl groups is 1. The number of hydrogen-bond acceptors (Lipinski definition) is 3. The molecule has 16 heavy (non-hydrogen) atoms. The summed E-state index contributed by atoms with van der Waals surface area (Å²) in [6.45, 7) is 1.01. The Morgan fingerprint density at radius 1 is 1.44 bits per heavy atom. The van der Waals surface area contributed by atoms with Crippen LogP contribution in [0, 0.1) is 11.3 Å². The van der Waals surface area contributed by atoms with Gasteiger partial charge in [0.05, 0.1) is 22.8 Å². The molecule has 1 aromatic rings. The minimum Gasteiger partial charge on any atom is -0.507 e. The number of Topliss-reactive ketones (excluding diaryl/α,β-unsaturated/α-hetero) is 1. The number of carbonyl (C=O) groups excluding carboxylic acids is 1. The lowest BCUT2D eigenvalue weighted by molar-refractivity contribution is -0.138. The third kappa shape index (κ3) is 2.14. The zero-order chi connectivity index (χ0) is 12.5. The fraction of sp³-hybridized carbons (Fsp3) is 0.200. The second-order valence-corrected chi connectivity index (χ2v) is 3.09. The van der Waals surface area contributed by atoms with E-state index in [2.05, 4.69) is 0 Å². The molecule has 0 aliphatic heterocycles. The number of phenols is 1. The van der Waals surface area contributed by atoms with Crippen molar-refractivity contribution in [3.05, 3.63) is 28.8 Å². The third-order valence-electron chi connectivity index (χ3n) is 1.92. The number of phenolic OH excluding ortho intramolecular Hbond substituents is 1. The molecule has 0 aliphatic carbocycles. The molecule has 6 heteroatoms. The highest BCUT2D eigenvalue weighted by atomic mass is 19.4. The number of nitriles is 1. The predicted molar refractivity (Wildman–Crippen MR) is 47.8 cm³/mol. The number of ketones is 1. The molecule has 0 heterocycles. The van der Waals surface area contributed by atoms with Crippen molar-refractivity contribution >= 4 is 5.78 Å². The van der Waals surface area contributed by atoms with Crippen LogP contribution in [0.3, 0.4) is 0 Å². The summed E-state index contributed by atoms with van der Waals surface area (Å²) in [5.74, 6) is -1.88. The van der Waals surface area contributed by atoms with E-state index < -0.39 is 28.8 Å². The van der Waals surface area contributed by atoms with Crippen molar-refractivity contribution in [2.24, 2.45) is 0 Å². The maximum atomic E-state index is 12.4. The molecule has 0 aliphatic rings. The Morgan fingerprint density at radius 2 is 2.00 bits per heavy atom. The average Bonchev–Trinajstić information content (AvgIpc) is 2.15.